The molecule has 1 heteroatoms. The summed E-state index contributed by atoms with van der Waals surface area (Å²) >= 11 is 0. The lowest BCUT2D eigenvalue weighted by atomic mass is 9.74. The van der Waals surface area contributed by atoms with E-state index < -0.39 is 5.60 Å². The second kappa shape index (κ2) is 3.39. The van der Waals surface area contributed by atoms with E-state index >= 15 is 0 Å². The average molecular weight is 189 g/mol. The molecule has 1 fully saturated rings. The molecular weight excluding hydrogens is 172 g/mol. The van der Waals surface area contributed by atoms with Gasteiger partial charge in [-0.3, -0.25) is 0 Å². The van der Waals surface area contributed by atoms with Crippen molar-refractivity contribution in [2.24, 2.45) is 0 Å². The van der Waals surface area contributed by atoms with Crippen LogP contribution in [-0.4, -0.2) is 5.11 Å². The van der Waals surface area contributed by atoms with Crippen molar-refractivity contribution < 1.29 is 5.11 Å². The first-order valence-electron chi connectivity index (χ1n) is 5.26. The maximum Gasteiger partial charge on any atom is 0.0902 e. The molecule has 2 rings (SSSR count). The van der Waals surface area contributed by atoms with Gasteiger partial charge in [0.05, 0.1) is 5.60 Å². The molecule has 0 saturated heterocycles. The molecule has 1 saturated carbocycles. The molecule has 1 radical (unpaired) electrons. The zero-order valence-electron chi connectivity index (χ0n) is 8.83. The molecule has 1 N–H and O–H groups in total. The third-order valence-corrected chi connectivity index (χ3v) is 3.05. The lowest BCUT2D eigenvalue weighted by Crippen LogP contribution is -2.34. The molecule has 0 amide bonds. The molecule has 0 aliphatic heterocycles. The second-order valence-corrected chi connectivity index (χ2v) is 4.51. The quantitative estimate of drug-likeness (QED) is 0.758. The molecule has 1 aliphatic carbocycles. The van der Waals surface area contributed by atoms with Crippen LogP contribution in [-0.2, 0) is 5.60 Å². The van der Waals surface area contributed by atoms with E-state index in [1.54, 1.807) is 0 Å². The van der Waals surface area contributed by atoms with Gasteiger partial charge >= 0.3 is 0 Å². The molecule has 1 aromatic rings. The third kappa shape index (κ3) is 1.57. The predicted octanol–water partition coefficient (Wildman–Crippen LogP) is 3.00. The van der Waals surface area contributed by atoms with Crippen molar-refractivity contribution in [3.05, 3.63) is 41.8 Å². The van der Waals surface area contributed by atoms with Crippen molar-refractivity contribution in [1.82, 2.24) is 0 Å². The molecule has 0 heterocycles. The first-order valence-corrected chi connectivity index (χ1v) is 5.26. The van der Waals surface area contributed by atoms with Gasteiger partial charge in [0.25, 0.3) is 0 Å². The summed E-state index contributed by atoms with van der Waals surface area (Å²) in [6.45, 7) is 4.35. The fourth-order valence-electron chi connectivity index (χ4n) is 1.84. The summed E-state index contributed by atoms with van der Waals surface area (Å²) in [7, 11) is 0. The summed E-state index contributed by atoms with van der Waals surface area (Å²) in [5, 5.41) is 10.2. The van der Waals surface area contributed by atoms with Gasteiger partial charge in [-0.1, -0.05) is 38.1 Å². The Morgan fingerprint density at radius 2 is 2.00 bits per heavy atom. The standard InChI is InChI=1S/C13H17O/c1-10(2)11-5-3-6-12(9-11)13(14)7-4-8-13/h3-6,9-10,14H,7-8H2,1-2H3. The summed E-state index contributed by atoms with van der Waals surface area (Å²) in [6, 6.07) is 8.33. The lowest BCUT2D eigenvalue weighted by molar-refractivity contribution is -0.00580. The Morgan fingerprint density at radius 3 is 2.50 bits per heavy atom. The molecule has 1 aromatic carbocycles. The van der Waals surface area contributed by atoms with Crippen molar-refractivity contribution in [1.29, 1.82) is 0 Å². The van der Waals surface area contributed by atoms with Gasteiger partial charge in [0, 0.05) is 0 Å². The average Bonchev–Trinajstić information content (AvgIpc) is 2.14. The van der Waals surface area contributed by atoms with Crippen molar-refractivity contribution in [2.75, 3.05) is 0 Å². The summed E-state index contributed by atoms with van der Waals surface area (Å²) in [5.74, 6) is 0.530. The maximum atomic E-state index is 10.2. The Labute approximate surface area is 85.8 Å². The van der Waals surface area contributed by atoms with E-state index in [0.717, 1.165) is 18.4 Å². The minimum Gasteiger partial charge on any atom is -0.385 e. The van der Waals surface area contributed by atoms with E-state index in [1.165, 1.54) is 5.56 Å². The number of hydrogen-bond acceptors (Lipinski definition) is 1. The van der Waals surface area contributed by atoms with E-state index in [-0.39, 0.29) is 0 Å². The van der Waals surface area contributed by atoms with Gasteiger partial charge in [0.2, 0.25) is 0 Å². The fraction of sp³-hybridized carbons (Fsp3) is 0.462. The van der Waals surface area contributed by atoms with Crippen molar-refractivity contribution in [2.45, 2.75) is 38.2 Å². The molecule has 0 aromatic heterocycles. The molecule has 0 atom stereocenters. The van der Waals surface area contributed by atoms with Gasteiger partial charge in [-0.15, -0.1) is 0 Å². The monoisotopic (exact) mass is 189 g/mol. The van der Waals surface area contributed by atoms with Crippen LogP contribution in [0.4, 0.5) is 0 Å². The van der Waals surface area contributed by atoms with Crippen LogP contribution in [0.1, 0.15) is 43.7 Å². The smallest absolute Gasteiger partial charge is 0.0902 e. The first-order chi connectivity index (χ1) is 6.62. The SMILES string of the molecule is CC(C)c1cccc(C2(O)C[CH]C2)c1. The van der Waals surface area contributed by atoms with E-state index in [2.05, 4.69) is 32.4 Å². The van der Waals surface area contributed by atoms with Gasteiger partial charge < -0.3 is 5.11 Å². The van der Waals surface area contributed by atoms with Crippen LogP contribution >= 0.6 is 0 Å². The van der Waals surface area contributed by atoms with Gasteiger partial charge in [0.1, 0.15) is 0 Å². The normalized spacial score (nSPS) is 19.4. The van der Waals surface area contributed by atoms with Crippen LogP contribution in [0, 0.1) is 6.42 Å². The minimum atomic E-state index is -0.565. The molecule has 75 valence electrons. The molecule has 1 aliphatic rings. The second-order valence-electron chi connectivity index (χ2n) is 4.51. The highest BCUT2D eigenvalue weighted by Crippen LogP contribution is 2.40. The molecule has 0 bridgehead atoms. The zero-order chi connectivity index (χ0) is 10.2. The van der Waals surface area contributed by atoms with E-state index in [4.69, 9.17) is 0 Å². The van der Waals surface area contributed by atoms with E-state index in [1.807, 2.05) is 12.1 Å². The molecular formula is C13H17O. The van der Waals surface area contributed by atoms with Crippen LogP contribution in [0.5, 0.6) is 0 Å². The third-order valence-electron chi connectivity index (χ3n) is 3.05. The van der Waals surface area contributed by atoms with Gasteiger partial charge in [0.15, 0.2) is 0 Å². The van der Waals surface area contributed by atoms with Gasteiger partial charge in [-0.2, -0.15) is 0 Å². The highest BCUT2D eigenvalue weighted by atomic mass is 16.3. The first kappa shape index (κ1) is 9.72. The highest BCUT2D eigenvalue weighted by molar-refractivity contribution is 5.32. The van der Waals surface area contributed by atoms with E-state index in [9.17, 15) is 5.11 Å². The summed E-state index contributed by atoms with van der Waals surface area (Å²) in [5.41, 5.74) is 1.82. The Morgan fingerprint density at radius 1 is 1.29 bits per heavy atom. The van der Waals surface area contributed by atoms with Crippen LogP contribution in [0.2, 0.25) is 0 Å². The maximum absolute atomic E-state index is 10.2. The number of rotatable bonds is 2. The number of benzene rings is 1. The number of hydrogen-bond donors (Lipinski definition) is 1. The minimum absolute atomic E-state index is 0.530. The molecule has 14 heavy (non-hydrogen) atoms. The Balaban J connectivity index is 2.30. The van der Waals surface area contributed by atoms with E-state index in [0.29, 0.717) is 5.92 Å². The number of aliphatic hydroxyl groups is 1. The van der Waals surface area contributed by atoms with Crippen molar-refractivity contribution in [3.8, 4) is 0 Å². The highest BCUT2D eigenvalue weighted by Gasteiger charge is 2.36. The lowest BCUT2D eigenvalue weighted by Gasteiger charge is -2.37. The van der Waals surface area contributed by atoms with Crippen LogP contribution in [0.25, 0.3) is 0 Å². The summed E-state index contributed by atoms with van der Waals surface area (Å²) in [6.07, 6.45) is 3.73. The zero-order valence-corrected chi connectivity index (χ0v) is 8.83. The molecule has 0 spiro atoms. The topological polar surface area (TPSA) is 20.2 Å². The molecule has 0 unspecified atom stereocenters. The Kier molecular flexibility index (Phi) is 2.36. The van der Waals surface area contributed by atoms with Gasteiger partial charge in [-0.25, -0.2) is 0 Å². The van der Waals surface area contributed by atoms with Crippen LogP contribution in [0.15, 0.2) is 24.3 Å². The van der Waals surface area contributed by atoms with Crippen LogP contribution in [0.3, 0.4) is 0 Å². The van der Waals surface area contributed by atoms with Gasteiger partial charge in [-0.05, 0) is 36.3 Å². The van der Waals surface area contributed by atoms with Crippen molar-refractivity contribution in [3.63, 3.8) is 0 Å². The van der Waals surface area contributed by atoms with Crippen LogP contribution < -0.4 is 0 Å². The predicted molar refractivity (Wildman–Crippen MR) is 58.0 cm³/mol. The molecule has 1 nitrogen and oxygen atoms in total. The summed E-state index contributed by atoms with van der Waals surface area (Å²) < 4.78 is 0. The summed E-state index contributed by atoms with van der Waals surface area (Å²) in [4.78, 5) is 0. The van der Waals surface area contributed by atoms with Crippen molar-refractivity contribution >= 4 is 0 Å². The largest absolute Gasteiger partial charge is 0.385 e. The fourth-order valence-corrected chi connectivity index (χ4v) is 1.84. The Hall–Kier alpha value is -0.820. The Bertz CT molecular complexity index is 324.